The van der Waals surface area contributed by atoms with Crippen molar-refractivity contribution in [3.05, 3.63) is 0 Å². The lowest BCUT2D eigenvalue weighted by molar-refractivity contribution is -0.125. The standard InChI is InChI=1S/C14H26N2O3/c1-19-9-11(17)8-15-14(18)13-7-6-10-4-2-3-5-12(10)16-13/h10-13,16-17H,2-9H2,1H3,(H,15,18). The van der Waals surface area contributed by atoms with Crippen LogP contribution in [0.4, 0.5) is 0 Å². The van der Waals surface area contributed by atoms with Gasteiger partial charge in [0.05, 0.1) is 18.8 Å². The average molecular weight is 270 g/mol. The number of piperidine rings is 1. The summed E-state index contributed by atoms with van der Waals surface area (Å²) < 4.78 is 4.84. The van der Waals surface area contributed by atoms with E-state index >= 15 is 0 Å². The van der Waals surface area contributed by atoms with Crippen LogP contribution in [0.25, 0.3) is 0 Å². The molecule has 0 aromatic carbocycles. The molecule has 19 heavy (non-hydrogen) atoms. The van der Waals surface area contributed by atoms with Crippen molar-refractivity contribution in [3.63, 3.8) is 0 Å². The molecule has 1 aliphatic carbocycles. The first-order valence-electron chi connectivity index (χ1n) is 7.41. The molecule has 110 valence electrons. The average Bonchev–Trinajstić information content (AvgIpc) is 2.44. The van der Waals surface area contributed by atoms with E-state index in [1.807, 2.05) is 0 Å². The molecule has 4 unspecified atom stereocenters. The third kappa shape index (κ3) is 4.16. The molecular formula is C14H26N2O3. The molecule has 1 heterocycles. The Labute approximate surface area is 115 Å². The molecule has 0 radical (unpaired) electrons. The molecule has 3 N–H and O–H groups in total. The van der Waals surface area contributed by atoms with E-state index in [2.05, 4.69) is 10.6 Å². The molecule has 1 saturated carbocycles. The Bertz CT molecular complexity index is 298. The first-order chi connectivity index (χ1) is 9.20. The van der Waals surface area contributed by atoms with E-state index in [-0.39, 0.29) is 25.1 Å². The van der Waals surface area contributed by atoms with Gasteiger partial charge in [-0.1, -0.05) is 12.8 Å². The van der Waals surface area contributed by atoms with Crippen LogP contribution in [0, 0.1) is 5.92 Å². The number of hydrogen-bond donors (Lipinski definition) is 3. The lowest BCUT2D eigenvalue weighted by Gasteiger charge is -2.39. The number of carbonyl (C=O) groups excluding carboxylic acids is 1. The van der Waals surface area contributed by atoms with E-state index in [0.29, 0.717) is 6.04 Å². The highest BCUT2D eigenvalue weighted by molar-refractivity contribution is 5.81. The summed E-state index contributed by atoms with van der Waals surface area (Å²) in [6.45, 7) is 0.516. The van der Waals surface area contributed by atoms with E-state index in [1.165, 1.54) is 32.8 Å². The first kappa shape index (κ1) is 14.8. The van der Waals surface area contributed by atoms with Gasteiger partial charge in [-0.3, -0.25) is 4.79 Å². The second-order valence-corrected chi connectivity index (χ2v) is 5.80. The van der Waals surface area contributed by atoms with E-state index in [0.717, 1.165) is 18.8 Å². The zero-order valence-electron chi connectivity index (χ0n) is 11.7. The summed E-state index contributed by atoms with van der Waals surface area (Å²) in [4.78, 5) is 12.1. The fourth-order valence-electron chi connectivity index (χ4n) is 3.29. The molecule has 0 aromatic heterocycles. The SMILES string of the molecule is COCC(O)CNC(=O)C1CCC2CCCCC2N1. The molecule has 5 heteroatoms. The maximum atomic E-state index is 12.1. The van der Waals surface area contributed by atoms with E-state index < -0.39 is 6.10 Å². The molecule has 5 nitrogen and oxygen atoms in total. The number of amides is 1. The zero-order chi connectivity index (χ0) is 13.7. The molecule has 1 aliphatic heterocycles. The first-order valence-corrected chi connectivity index (χ1v) is 7.41. The third-order valence-corrected chi connectivity index (χ3v) is 4.34. The molecule has 4 atom stereocenters. The summed E-state index contributed by atoms with van der Waals surface area (Å²) in [5.74, 6) is 0.774. The molecule has 0 spiro atoms. The maximum absolute atomic E-state index is 12.1. The Morgan fingerprint density at radius 2 is 2.16 bits per heavy atom. The molecule has 2 fully saturated rings. The molecule has 2 aliphatic rings. The number of fused-ring (bicyclic) bond motifs is 1. The number of nitrogens with one attached hydrogen (secondary N) is 2. The van der Waals surface area contributed by atoms with Crippen molar-refractivity contribution in [2.24, 2.45) is 5.92 Å². The number of aliphatic hydroxyl groups is 1. The lowest BCUT2D eigenvalue weighted by atomic mass is 9.77. The van der Waals surface area contributed by atoms with Crippen molar-refractivity contribution in [3.8, 4) is 0 Å². The van der Waals surface area contributed by atoms with Crippen LogP contribution in [0.1, 0.15) is 38.5 Å². The fourth-order valence-corrected chi connectivity index (χ4v) is 3.29. The van der Waals surface area contributed by atoms with Crippen LogP contribution in [0.15, 0.2) is 0 Å². The minimum atomic E-state index is -0.625. The van der Waals surface area contributed by atoms with E-state index in [9.17, 15) is 9.90 Å². The largest absolute Gasteiger partial charge is 0.389 e. The quantitative estimate of drug-likeness (QED) is 0.677. The molecule has 1 amide bonds. The fraction of sp³-hybridized carbons (Fsp3) is 0.929. The van der Waals surface area contributed by atoms with Gasteiger partial charge in [-0.05, 0) is 31.6 Å². The summed E-state index contributed by atoms with van der Waals surface area (Å²) in [7, 11) is 1.54. The summed E-state index contributed by atoms with van der Waals surface area (Å²) in [6, 6.07) is 0.427. The second kappa shape index (κ2) is 7.22. The van der Waals surface area contributed by atoms with Gasteiger partial charge in [0.2, 0.25) is 5.91 Å². The van der Waals surface area contributed by atoms with Crippen molar-refractivity contribution in [1.29, 1.82) is 0 Å². The predicted molar refractivity (Wildman–Crippen MR) is 72.8 cm³/mol. The maximum Gasteiger partial charge on any atom is 0.237 e. The highest BCUT2D eigenvalue weighted by atomic mass is 16.5. The van der Waals surface area contributed by atoms with Crippen molar-refractivity contribution in [2.45, 2.75) is 56.7 Å². The van der Waals surface area contributed by atoms with E-state index in [4.69, 9.17) is 4.74 Å². The van der Waals surface area contributed by atoms with Gasteiger partial charge in [0, 0.05) is 19.7 Å². The minimum Gasteiger partial charge on any atom is -0.389 e. The summed E-state index contributed by atoms with van der Waals surface area (Å²) in [5, 5.41) is 15.8. The van der Waals surface area contributed by atoms with Gasteiger partial charge in [0.1, 0.15) is 0 Å². The van der Waals surface area contributed by atoms with Crippen molar-refractivity contribution >= 4 is 5.91 Å². The Morgan fingerprint density at radius 3 is 2.95 bits per heavy atom. The monoisotopic (exact) mass is 270 g/mol. The van der Waals surface area contributed by atoms with Crippen molar-refractivity contribution in [1.82, 2.24) is 10.6 Å². The Kier molecular flexibility index (Phi) is 5.60. The summed E-state index contributed by atoms with van der Waals surface area (Å²) in [6.07, 6.45) is 6.54. The van der Waals surface area contributed by atoms with Gasteiger partial charge < -0.3 is 20.5 Å². The zero-order valence-corrected chi connectivity index (χ0v) is 11.7. The Hall–Kier alpha value is -0.650. The van der Waals surface area contributed by atoms with Gasteiger partial charge in [-0.15, -0.1) is 0 Å². The number of hydrogen-bond acceptors (Lipinski definition) is 4. The Morgan fingerprint density at radius 1 is 1.37 bits per heavy atom. The lowest BCUT2D eigenvalue weighted by Crippen LogP contribution is -2.55. The van der Waals surface area contributed by atoms with Crippen molar-refractivity contribution < 1.29 is 14.6 Å². The number of methoxy groups -OCH3 is 1. The van der Waals surface area contributed by atoms with Crippen LogP contribution in [0.3, 0.4) is 0 Å². The normalized spacial score (nSPS) is 32.4. The molecule has 0 bridgehead atoms. The number of aliphatic hydroxyl groups excluding tert-OH is 1. The molecule has 0 aromatic rings. The van der Waals surface area contributed by atoms with Gasteiger partial charge in [-0.25, -0.2) is 0 Å². The third-order valence-electron chi connectivity index (χ3n) is 4.34. The minimum absolute atomic E-state index is 0.0131. The summed E-state index contributed by atoms with van der Waals surface area (Å²) in [5.41, 5.74) is 0. The topological polar surface area (TPSA) is 70.6 Å². The molecule has 1 saturated heterocycles. The molecule has 2 rings (SSSR count). The van der Waals surface area contributed by atoms with Gasteiger partial charge in [-0.2, -0.15) is 0 Å². The van der Waals surface area contributed by atoms with Gasteiger partial charge >= 0.3 is 0 Å². The number of ether oxygens (including phenoxy) is 1. The van der Waals surface area contributed by atoms with Crippen LogP contribution in [-0.4, -0.2) is 49.5 Å². The van der Waals surface area contributed by atoms with Crippen LogP contribution < -0.4 is 10.6 Å². The highest BCUT2D eigenvalue weighted by Gasteiger charge is 2.34. The number of rotatable bonds is 5. The van der Waals surface area contributed by atoms with Gasteiger partial charge in [0.15, 0.2) is 0 Å². The van der Waals surface area contributed by atoms with Crippen molar-refractivity contribution in [2.75, 3.05) is 20.3 Å². The second-order valence-electron chi connectivity index (χ2n) is 5.80. The van der Waals surface area contributed by atoms with Crippen LogP contribution in [0.5, 0.6) is 0 Å². The van der Waals surface area contributed by atoms with Gasteiger partial charge in [0.25, 0.3) is 0 Å². The predicted octanol–water partition coefficient (Wildman–Crippen LogP) is 0.421. The van der Waals surface area contributed by atoms with Crippen LogP contribution in [0.2, 0.25) is 0 Å². The number of carbonyl (C=O) groups is 1. The van der Waals surface area contributed by atoms with Crippen LogP contribution >= 0.6 is 0 Å². The van der Waals surface area contributed by atoms with E-state index in [1.54, 1.807) is 0 Å². The summed E-state index contributed by atoms with van der Waals surface area (Å²) >= 11 is 0. The smallest absolute Gasteiger partial charge is 0.237 e. The molecular weight excluding hydrogens is 244 g/mol. The highest BCUT2D eigenvalue weighted by Crippen LogP contribution is 2.32. The Balaban J connectivity index is 1.74. The van der Waals surface area contributed by atoms with Crippen LogP contribution in [-0.2, 0) is 9.53 Å².